The quantitative estimate of drug-likeness (QED) is 0.431. The number of hydrogen-bond donors (Lipinski definition) is 2. The molecule has 0 saturated carbocycles. The van der Waals surface area contributed by atoms with Gasteiger partial charge in [-0.25, -0.2) is 4.79 Å². The summed E-state index contributed by atoms with van der Waals surface area (Å²) in [5, 5.41) is 6.77. The third-order valence-electron chi connectivity index (χ3n) is 5.92. The summed E-state index contributed by atoms with van der Waals surface area (Å²) in [5.41, 5.74) is 4.64. The highest BCUT2D eigenvalue weighted by molar-refractivity contribution is 7.80. The second-order valence-electron chi connectivity index (χ2n) is 9.25. The minimum absolute atomic E-state index is 0.0314. The zero-order valence-corrected chi connectivity index (χ0v) is 21.5. The SMILES string of the molecule is CCOC(=O)C1=C(C)N(CC)C(=S)NC1c1ccc(NC(=O)c2ccc(C(C)(C)C)cc2)cc1. The van der Waals surface area contributed by atoms with Gasteiger partial charge in [0.2, 0.25) is 0 Å². The van der Waals surface area contributed by atoms with Crippen LogP contribution in [0.2, 0.25) is 0 Å². The second-order valence-corrected chi connectivity index (χ2v) is 9.64. The Kier molecular flexibility index (Phi) is 7.77. The van der Waals surface area contributed by atoms with Gasteiger partial charge in [-0.15, -0.1) is 0 Å². The number of nitrogens with one attached hydrogen (secondary N) is 2. The Balaban J connectivity index is 1.81. The van der Waals surface area contributed by atoms with E-state index in [-0.39, 0.29) is 17.3 Å². The molecule has 0 saturated heterocycles. The highest BCUT2D eigenvalue weighted by Crippen LogP contribution is 2.32. The van der Waals surface area contributed by atoms with Crippen molar-refractivity contribution >= 4 is 34.9 Å². The first kappa shape index (κ1) is 25.4. The molecular weight excluding hydrogens is 446 g/mol. The first-order valence-electron chi connectivity index (χ1n) is 11.5. The lowest BCUT2D eigenvalue weighted by atomic mass is 9.87. The molecule has 0 aliphatic carbocycles. The summed E-state index contributed by atoms with van der Waals surface area (Å²) in [6.45, 7) is 13.0. The summed E-state index contributed by atoms with van der Waals surface area (Å²) >= 11 is 5.53. The average Bonchev–Trinajstić information content (AvgIpc) is 2.79. The molecule has 0 fully saturated rings. The number of benzene rings is 2. The maximum Gasteiger partial charge on any atom is 0.338 e. The number of carbonyl (C=O) groups is 2. The Bertz CT molecular complexity index is 1100. The fourth-order valence-electron chi connectivity index (χ4n) is 3.97. The van der Waals surface area contributed by atoms with E-state index in [9.17, 15) is 9.59 Å². The monoisotopic (exact) mass is 479 g/mol. The number of amides is 1. The highest BCUT2D eigenvalue weighted by atomic mass is 32.1. The second kappa shape index (κ2) is 10.4. The van der Waals surface area contributed by atoms with Gasteiger partial charge in [0.25, 0.3) is 5.91 Å². The molecule has 7 heteroatoms. The molecule has 2 N–H and O–H groups in total. The molecule has 2 aromatic carbocycles. The van der Waals surface area contributed by atoms with Crippen molar-refractivity contribution in [2.75, 3.05) is 18.5 Å². The molecule has 3 rings (SSSR count). The topological polar surface area (TPSA) is 70.7 Å². The molecule has 1 aliphatic heterocycles. The molecule has 2 aromatic rings. The molecule has 1 atom stereocenters. The Morgan fingerprint density at radius 2 is 1.68 bits per heavy atom. The smallest absolute Gasteiger partial charge is 0.338 e. The molecule has 6 nitrogen and oxygen atoms in total. The van der Waals surface area contributed by atoms with Crippen molar-refractivity contribution in [3.05, 3.63) is 76.5 Å². The van der Waals surface area contributed by atoms with Crippen molar-refractivity contribution in [1.82, 2.24) is 10.2 Å². The van der Waals surface area contributed by atoms with Gasteiger partial charge < -0.3 is 20.3 Å². The van der Waals surface area contributed by atoms with Crippen LogP contribution in [0.3, 0.4) is 0 Å². The molecule has 1 aliphatic rings. The molecule has 1 heterocycles. The summed E-state index contributed by atoms with van der Waals surface area (Å²) in [7, 11) is 0. The van der Waals surface area contributed by atoms with Gasteiger partial charge in [-0.2, -0.15) is 0 Å². The van der Waals surface area contributed by atoms with Gasteiger partial charge in [-0.05, 0) is 73.8 Å². The van der Waals surface area contributed by atoms with Crippen LogP contribution in [0.15, 0.2) is 59.8 Å². The number of rotatable bonds is 6. The molecule has 0 radical (unpaired) electrons. The summed E-state index contributed by atoms with van der Waals surface area (Å²) in [6, 6.07) is 14.6. The molecule has 1 unspecified atom stereocenters. The van der Waals surface area contributed by atoms with E-state index >= 15 is 0 Å². The van der Waals surface area contributed by atoms with Crippen LogP contribution in [0.5, 0.6) is 0 Å². The van der Waals surface area contributed by atoms with E-state index in [0.29, 0.717) is 35.1 Å². The maximum absolute atomic E-state index is 12.8. The van der Waals surface area contributed by atoms with E-state index in [2.05, 4.69) is 31.4 Å². The maximum atomic E-state index is 12.8. The summed E-state index contributed by atoms with van der Waals surface area (Å²) < 4.78 is 5.32. The van der Waals surface area contributed by atoms with Gasteiger partial charge >= 0.3 is 5.97 Å². The zero-order valence-electron chi connectivity index (χ0n) is 20.7. The van der Waals surface area contributed by atoms with Gasteiger partial charge in [0, 0.05) is 23.5 Å². The normalized spacial score (nSPS) is 16.2. The van der Waals surface area contributed by atoms with Crippen LogP contribution in [-0.2, 0) is 14.9 Å². The first-order chi connectivity index (χ1) is 16.1. The number of ether oxygens (including phenoxy) is 1. The first-order valence-corrected chi connectivity index (χ1v) is 11.9. The fourth-order valence-corrected chi connectivity index (χ4v) is 4.35. The zero-order chi connectivity index (χ0) is 25.0. The predicted molar refractivity (Wildman–Crippen MR) is 140 cm³/mol. The van der Waals surface area contributed by atoms with Gasteiger partial charge in [-0.1, -0.05) is 45.0 Å². The van der Waals surface area contributed by atoms with E-state index in [4.69, 9.17) is 17.0 Å². The van der Waals surface area contributed by atoms with Crippen LogP contribution in [0.4, 0.5) is 5.69 Å². The van der Waals surface area contributed by atoms with Gasteiger partial charge in [0.05, 0.1) is 18.2 Å². The van der Waals surface area contributed by atoms with Crippen LogP contribution < -0.4 is 10.6 Å². The summed E-state index contributed by atoms with van der Waals surface area (Å²) in [4.78, 5) is 27.4. The van der Waals surface area contributed by atoms with E-state index < -0.39 is 6.04 Å². The van der Waals surface area contributed by atoms with Gasteiger partial charge in [0.15, 0.2) is 5.11 Å². The molecule has 0 bridgehead atoms. The van der Waals surface area contributed by atoms with Crippen molar-refractivity contribution in [3.8, 4) is 0 Å². The van der Waals surface area contributed by atoms with Gasteiger partial charge in [-0.3, -0.25) is 4.79 Å². The number of hydrogen-bond acceptors (Lipinski definition) is 4. The third-order valence-corrected chi connectivity index (χ3v) is 6.26. The number of carbonyl (C=O) groups excluding carboxylic acids is 2. The molecule has 0 spiro atoms. The summed E-state index contributed by atoms with van der Waals surface area (Å²) in [5.74, 6) is -0.541. The lowest BCUT2D eigenvalue weighted by Crippen LogP contribution is -2.47. The van der Waals surface area contributed by atoms with Crippen LogP contribution in [-0.4, -0.2) is 35.0 Å². The Labute approximate surface area is 207 Å². The van der Waals surface area contributed by atoms with Crippen molar-refractivity contribution < 1.29 is 14.3 Å². The van der Waals surface area contributed by atoms with Crippen molar-refractivity contribution in [2.45, 2.75) is 53.0 Å². The molecule has 0 aromatic heterocycles. The predicted octanol–water partition coefficient (Wildman–Crippen LogP) is 5.32. The molecule has 180 valence electrons. The number of allylic oxidation sites excluding steroid dienone is 1. The lowest BCUT2D eigenvalue weighted by molar-refractivity contribution is -0.139. The average molecular weight is 480 g/mol. The minimum atomic E-state index is -0.427. The van der Waals surface area contributed by atoms with Crippen molar-refractivity contribution in [3.63, 3.8) is 0 Å². The number of esters is 1. The fraction of sp³-hybridized carbons (Fsp3) is 0.370. The third kappa shape index (κ3) is 5.47. The molecule has 34 heavy (non-hydrogen) atoms. The van der Waals surface area contributed by atoms with Crippen LogP contribution in [0.25, 0.3) is 0 Å². The van der Waals surface area contributed by atoms with Crippen molar-refractivity contribution in [2.24, 2.45) is 0 Å². The number of nitrogens with zero attached hydrogens (tertiary/aromatic N) is 1. The number of anilines is 1. The molecule has 1 amide bonds. The van der Waals surface area contributed by atoms with Crippen LogP contribution in [0.1, 0.15) is 69.1 Å². The van der Waals surface area contributed by atoms with E-state index in [1.807, 2.05) is 67.3 Å². The Morgan fingerprint density at radius 1 is 1.06 bits per heavy atom. The largest absolute Gasteiger partial charge is 0.463 e. The highest BCUT2D eigenvalue weighted by Gasteiger charge is 2.34. The Hall–Kier alpha value is -3.19. The lowest BCUT2D eigenvalue weighted by Gasteiger charge is -2.37. The molecular formula is C27H33N3O3S. The van der Waals surface area contributed by atoms with Gasteiger partial charge in [0.1, 0.15) is 0 Å². The minimum Gasteiger partial charge on any atom is -0.463 e. The van der Waals surface area contributed by atoms with Crippen LogP contribution in [0, 0.1) is 0 Å². The van der Waals surface area contributed by atoms with E-state index in [1.165, 1.54) is 5.56 Å². The number of thiocarbonyl (C=S) groups is 1. The van der Waals surface area contributed by atoms with Crippen molar-refractivity contribution in [1.29, 1.82) is 0 Å². The standard InChI is InChI=1S/C27H33N3O3S/c1-7-30-17(3)22(25(32)33-8-2)23(29-26(30)34)18-11-15-21(16-12-18)28-24(31)19-9-13-20(14-10-19)27(4,5)6/h9-16,23H,7-8H2,1-6H3,(H,28,31)(H,29,34). The van der Waals surface area contributed by atoms with Crippen LogP contribution >= 0.6 is 12.2 Å². The summed E-state index contributed by atoms with van der Waals surface area (Å²) in [6.07, 6.45) is 0. The van der Waals surface area contributed by atoms with E-state index in [0.717, 1.165) is 11.3 Å². The Morgan fingerprint density at radius 3 is 2.21 bits per heavy atom. The van der Waals surface area contributed by atoms with E-state index in [1.54, 1.807) is 6.92 Å².